The summed E-state index contributed by atoms with van der Waals surface area (Å²) in [7, 11) is 0. The number of hydrogen-bond donors (Lipinski definition) is 0. The summed E-state index contributed by atoms with van der Waals surface area (Å²) >= 11 is 0. The number of fused-ring (bicyclic) bond motifs is 3. The van der Waals surface area contributed by atoms with E-state index in [-0.39, 0.29) is 0 Å². The number of ether oxygens (including phenoxy) is 1. The maximum Gasteiger partial charge on any atom is 0.130 e. The topological polar surface area (TPSA) is 9.23 Å². The molecule has 32 heavy (non-hydrogen) atoms. The van der Waals surface area contributed by atoms with Crippen molar-refractivity contribution in [1.82, 2.24) is 0 Å². The SMILES string of the molecule is Cc1ccc(-c2ccc(Cc3cccc4c3CCCC4)c3c2OCCC3)c2c1CCCC2. The minimum Gasteiger partial charge on any atom is -0.493 e. The Morgan fingerprint density at radius 3 is 2.25 bits per heavy atom. The van der Waals surface area contributed by atoms with Crippen molar-refractivity contribution >= 4 is 0 Å². The molecule has 0 radical (unpaired) electrons. The zero-order valence-corrected chi connectivity index (χ0v) is 19.4. The Hall–Kier alpha value is -2.54. The van der Waals surface area contributed by atoms with Gasteiger partial charge in [0.25, 0.3) is 0 Å². The molecule has 0 N–H and O–H groups in total. The fourth-order valence-corrected chi connectivity index (χ4v) is 6.44. The Labute approximate surface area is 192 Å². The van der Waals surface area contributed by atoms with Crippen molar-refractivity contribution in [1.29, 1.82) is 0 Å². The second-order valence-electron chi connectivity index (χ2n) is 10.1. The standard InChI is InChI=1S/C31H34O/c1-21-15-17-29(28-13-5-4-11-25(21)28)30-18-16-24(27-14-7-19-32-31(27)30)20-23-10-6-9-22-8-2-3-12-26(22)23/h6,9-10,15-18H,2-5,7-8,11-14,19-20H2,1H3. The van der Waals surface area contributed by atoms with Crippen LogP contribution in [0.5, 0.6) is 5.75 Å². The Bertz CT molecular complexity index is 1170. The van der Waals surface area contributed by atoms with Gasteiger partial charge in [0.15, 0.2) is 0 Å². The molecule has 0 spiro atoms. The van der Waals surface area contributed by atoms with Crippen LogP contribution in [0.2, 0.25) is 0 Å². The van der Waals surface area contributed by atoms with Gasteiger partial charge in [0, 0.05) is 5.56 Å². The third-order valence-electron chi connectivity index (χ3n) is 8.11. The van der Waals surface area contributed by atoms with E-state index in [2.05, 4.69) is 49.4 Å². The minimum absolute atomic E-state index is 0.845. The summed E-state index contributed by atoms with van der Waals surface area (Å²) in [4.78, 5) is 0. The first kappa shape index (κ1) is 20.1. The van der Waals surface area contributed by atoms with Crippen LogP contribution in [0.3, 0.4) is 0 Å². The lowest BCUT2D eigenvalue weighted by molar-refractivity contribution is 0.289. The van der Waals surface area contributed by atoms with E-state index in [4.69, 9.17) is 4.74 Å². The monoisotopic (exact) mass is 422 g/mol. The molecular weight excluding hydrogens is 388 g/mol. The highest BCUT2D eigenvalue weighted by molar-refractivity contribution is 5.78. The van der Waals surface area contributed by atoms with Crippen LogP contribution in [0.25, 0.3) is 11.1 Å². The summed E-state index contributed by atoms with van der Waals surface area (Å²) in [5, 5.41) is 0. The number of rotatable bonds is 3. The molecule has 0 saturated heterocycles. The van der Waals surface area contributed by atoms with E-state index in [0.29, 0.717) is 0 Å². The predicted molar refractivity (Wildman–Crippen MR) is 133 cm³/mol. The van der Waals surface area contributed by atoms with Crippen molar-refractivity contribution in [2.75, 3.05) is 6.61 Å². The van der Waals surface area contributed by atoms with Gasteiger partial charge in [-0.2, -0.15) is 0 Å². The van der Waals surface area contributed by atoms with E-state index in [1.807, 2.05) is 0 Å². The van der Waals surface area contributed by atoms with Crippen molar-refractivity contribution in [3.63, 3.8) is 0 Å². The minimum atomic E-state index is 0.845. The fraction of sp³-hybridized carbons (Fsp3) is 0.419. The first-order valence-corrected chi connectivity index (χ1v) is 12.8. The van der Waals surface area contributed by atoms with Crippen LogP contribution in [-0.4, -0.2) is 6.61 Å². The highest BCUT2D eigenvalue weighted by Crippen LogP contribution is 2.43. The van der Waals surface area contributed by atoms with Gasteiger partial charge in [-0.25, -0.2) is 0 Å². The van der Waals surface area contributed by atoms with Gasteiger partial charge < -0.3 is 4.74 Å². The Morgan fingerprint density at radius 1 is 0.625 bits per heavy atom. The normalized spacial score (nSPS) is 17.2. The van der Waals surface area contributed by atoms with Crippen molar-refractivity contribution in [2.24, 2.45) is 0 Å². The predicted octanol–water partition coefficient (Wildman–Crippen LogP) is 7.34. The highest BCUT2D eigenvalue weighted by Gasteiger charge is 2.24. The maximum atomic E-state index is 6.42. The van der Waals surface area contributed by atoms with Gasteiger partial charge in [-0.15, -0.1) is 0 Å². The molecule has 1 heteroatoms. The molecule has 3 aromatic rings. The van der Waals surface area contributed by atoms with E-state index in [9.17, 15) is 0 Å². The van der Waals surface area contributed by atoms with Crippen molar-refractivity contribution in [3.8, 4) is 16.9 Å². The van der Waals surface area contributed by atoms with Crippen LogP contribution in [0, 0.1) is 6.92 Å². The largest absolute Gasteiger partial charge is 0.493 e. The molecule has 0 fully saturated rings. The Morgan fingerprint density at radius 2 is 1.34 bits per heavy atom. The smallest absolute Gasteiger partial charge is 0.130 e. The molecule has 164 valence electrons. The number of aryl methyl sites for hydroxylation is 2. The average molecular weight is 423 g/mol. The fourth-order valence-electron chi connectivity index (χ4n) is 6.44. The van der Waals surface area contributed by atoms with Gasteiger partial charge in [0.2, 0.25) is 0 Å². The Kier molecular flexibility index (Phi) is 5.29. The van der Waals surface area contributed by atoms with E-state index < -0.39 is 0 Å². The highest BCUT2D eigenvalue weighted by atomic mass is 16.5. The van der Waals surface area contributed by atoms with Gasteiger partial charge in [-0.05, 0) is 128 Å². The van der Waals surface area contributed by atoms with Gasteiger partial charge >= 0.3 is 0 Å². The summed E-state index contributed by atoms with van der Waals surface area (Å²) in [5.41, 5.74) is 15.1. The van der Waals surface area contributed by atoms with Crippen molar-refractivity contribution in [2.45, 2.75) is 77.6 Å². The lowest BCUT2D eigenvalue weighted by atomic mass is 9.81. The molecule has 0 aromatic heterocycles. The molecule has 2 aliphatic carbocycles. The molecule has 0 unspecified atom stereocenters. The second kappa shape index (κ2) is 8.43. The van der Waals surface area contributed by atoms with Gasteiger partial charge in [-0.1, -0.05) is 42.5 Å². The lowest BCUT2D eigenvalue weighted by Crippen LogP contribution is -2.14. The average Bonchev–Trinajstić information content (AvgIpc) is 2.85. The number of hydrogen-bond acceptors (Lipinski definition) is 1. The summed E-state index contributed by atoms with van der Waals surface area (Å²) in [6, 6.07) is 16.5. The molecule has 0 amide bonds. The summed E-state index contributed by atoms with van der Waals surface area (Å²) in [6.07, 6.45) is 13.6. The molecule has 1 nitrogen and oxygen atoms in total. The van der Waals surface area contributed by atoms with Crippen molar-refractivity contribution in [3.05, 3.63) is 87.0 Å². The van der Waals surface area contributed by atoms with Crippen molar-refractivity contribution < 1.29 is 4.74 Å². The molecule has 0 saturated carbocycles. The van der Waals surface area contributed by atoms with Crippen LogP contribution >= 0.6 is 0 Å². The summed E-state index contributed by atoms with van der Waals surface area (Å²) in [5.74, 6) is 1.18. The Balaban J connectivity index is 1.44. The molecule has 0 atom stereocenters. The molecular formula is C31H34O. The second-order valence-corrected chi connectivity index (χ2v) is 10.1. The molecule has 0 bridgehead atoms. The first-order chi connectivity index (χ1) is 15.8. The molecule has 1 aliphatic heterocycles. The summed E-state index contributed by atoms with van der Waals surface area (Å²) in [6.45, 7) is 3.13. The lowest BCUT2D eigenvalue weighted by Gasteiger charge is -2.27. The van der Waals surface area contributed by atoms with E-state index >= 15 is 0 Å². The molecule has 1 heterocycles. The van der Waals surface area contributed by atoms with Crippen LogP contribution in [-0.2, 0) is 38.5 Å². The quantitative estimate of drug-likeness (QED) is 0.429. The van der Waals surface area contributed by atoms with Gasteiger partial charge in [0.05, 0.1) is 6.61 Å². The van der Waals surface area contributed by atoms with Crippen LogP contribution < -0.4 is 4.74 Å². The number of benzene rings is 3. The van der Waals surface area contributed by atoms with Gasteiger partial charge in [0.1, 0.15) is 5.75 Å². The molecule has 3 aliphatic rings. The molecule has 6 rings (SSSR count). The van der Waals surface area contributed by atoms with E-state index in [1.165, 1.54) is 90.5 Å². The van der Waals surface area contributed by atoms with E-state index in [0.717, 1.165) is 25.9 Å². The third-order valence-corrected chi connectivity index (χ3v) is 8.11. The summed E-state index contributed by atoms with van der Waals surface area (Å²) < 4.78 is 6.42. The van der Waals surface area contributed by atoms with Crippen LogP contribution in [0.1, 0.15) is 76.6 Å². The molecule has 3 aromatic carbocycles. The zero-order valence-electron chi connectivity index (χ0n) is 19.4. The van der Waals surface area contributed by atoms with Crippen LogP contribution in [0.4, 0.5) is 0 Å². The van der Waals surface area contributed by atoms with E-state index in [1.54, 1.807) is 22.3 Å². The first-order valence-electron chi connectivity index (χ1n) is 12.8. The maximum absolute atomic E-state index is 6.42. The van der Waals surface area contributed by atoms with Gasteiger partial charge in [-0.3, -0.25) is 0 Å². The van der Waals surface area contributed by atoms with Crippen LogP contribution in [0.15, 0.2) is 42.5 Å². The zero-order chi connectivity index (χ0) is 21.5. The third kappa shape index (κ3) is 3.47.